The number of carbonyl (C=O) groups excluding carboxylic acids is 1. The SMILES string of the molecule is C#CC(CC)NC(=O)N1Cc2ccc(C(=O)O)cc2C1. The number of amides is 2. The van der Waals surface area contributed by atoms with E-state index in [1.54, 1.807) is 23.1 Å². The second-order valence-corrected chi connectivity index (χ2v) is 4.72. The van der Waals surface area contributed by atoms with E-state index in [0.29, 0.717) is 19.5 Å². The Morgan fingerprint density at radius 3 is 2.75 bits per heavy atom. The van der Waals surface area contributed by atoms with E-state index in [1.807, 2.05) is 6.92 Å². The summed E-state index contributed by atoms with van der Waals surface area (Å²) in [7, 11) is 0. The van der Waals surface area contributed by atoms with Gasteiger partial charge in [-0.2, -0.15) is 0 Å². The van der Waals surface area contributed by atoms with E-state index in [4.69, 9.17) is 11.5 Å². The number of nitrogens with zero attached hydrogens (tertiary/aromatic N) is 1. The molecule has 0 saturated heterocycles. The van der Waals surface area contributed by atoms with Gasteiger partial charge in [-0.15, -0.1) is 6.42 Å². The smallest absolute Gasteiger partial charge is 0.335 e. The maximum atomic E-state index is 12.1. The molecule has 0 fully saturated rings. The third-order valence-electron chi connectivity index (χ3n) is 3.37. The number of fused-ring (bicyclic) bond motifs is 1. The summed E-state index contributed by atoms with van der Waals surface area (Å²) in [6, 6.07) is 4.43. The van der Waals surface area contributed by atoms with E-state index in [0.717, 1.165) is 11.1 Å². The van der Waals surface area contributed by atoms with Crippen molar-refractivity contribution in [2.45, 2.75) is 32.5 Å². The van der Waals surface area contributed by atoms with Crippen LogP contribution in [0.15, 0.2) is 18.2 Å². The van der Waals surface area contributed by atoms with Gasteiger partial charge in [0.2, 0.25) is 0 Å². The van der Waals surface area contributed by atoms with Crippen molar-refractivity contribution in [2.75, 3.05) is 0 Å². The molecular formula is C15H16N2O3. The topological polar surface area (TPSA) is 69.6 Å². The Hall–Kier alpha value is -2.48. The second-order valence-electron chi connectivity index (χ2n) is 4.72. The van der Waals surface area contributed by atoms with Crippen LogP contribution in [0.1, 0.15) is 34.8 Å². The fraction of sp³-hybridized carbons (Fsp3) is 0.333. The number of hydrogen-bond acceptors (Lipinski definition) is 2. The first kappa shape index (κ1) is 13.9. The van der Waals surface area contributed by atoms with Crippen LogP contribution in [0.3, 0.4) is 0 Å². The molecule has 0 bridgehead atoms. The van der Waals surface area contributed by atoms with Gasteiger partial charge in [-0.1, -0.05) is 18.9 Å². The number of rotatable bonds is 3. The predicted molar refractivity (Wildman–Crippen MR) is 74.1 cm³/mol. The zero-order valence-electron chi connectivity index (χ0n) is 11.2. The lowest BCUT2D eigenvalue weighted by atomic mass is 10.1. The van der Waals surface area contributed by atoms with Crippen molar-refractivity contribution in [3.63, 3.8) is 0 Å². The third kappa shape index (κ3) is 2.75. The molecule has 1 aromatic rings. The molecule has 0 radical (unpaired) electrons. The molecule has 1 aromatic carbocycles. The van der Waals surface area contributed by atoms with Crippen molar-refractivity contribution in [3.05, 3.63) is 34.9 Å². The standard InChI is InChI=1S/C15H16N2O3/c1-3-13(4-2)16-15(20)17-8-11-6-5-10(14(18)19)7-12(11)9-17/h1,5-7,13H,4,8-9H2,2H3,(H,16,20)(H,18,19). The van der Waals surface area contributed by atoms with Crippen molar-refractivity contribution < 1.29 is 14.7 Å². The van der Waals surface area contributed by atoms with Crippen molar-refractivity contribution in [1.82, 2.24) is 10.2 Å². The number of urea groups is 1. The van der Waals surface area contributed by atoms with Crippen LogP contribution in [0, 0.1) is 12.3 Å². The third-order valence-corrected chi connectivity index (χ3v) is 3.37. The van der Waals surface area contributed by atoms with Gasteiger partial charge in [-0.25, -0.2) is 9.59 Å². The Morgan fingerprint density at radius 1 is 1.45 bits per heavy atom. The van der Waals surface area contributed by atoms with Gasteiger partial charge < -0.3 is 15.3 Å². The highest BCUT2D eigenvalue weighted by atomic mass is 16.4. The summed E-state index contributed by atoms with van der Waals surface area (Å²) in [6.07, 6.45) is 5.99. The molecule has 20 heavy (non-hydrogen) atoms. The summed E-state index contributed by atoms with van der Waals surface area (Å²) in [5.74, 6) is 1.55. The molecule has 2 amide bonds. The molecule has 2 N–H and O–H groups in total. The van der Waals surface area contributed by atoms with Crippen molar-refractivity contribution in [3.8, 4) is 12.3 Å². The quantitative estimate of drug-likeness (QED) is 0.825. The van der Waals surface area contributed by atoms with Crippen LogP contribution < -0.4 is 5.32 Å². The fourth-order valence-corrected chi connectivity index (χ4v) is 2.17. The van der Waals surface area contributed by atoms with Crippen LogP contribution in [-0.2, 0) is 13.1 Å². The monoisotopic (exact) mass is 272 g/mol. The average molecular weight is 272 g/mol. The Bertz CT molecular complexity index is 589. The Morgan fingerprint density at radius 2 is 2.15 bits per heavy atom. The first-order valence-corrected chi connectivity index (χ1v) is 6.41. The molecule has 5 heteroatoms. The average Bonchev–Trinajstić information content (AvgIpc) is 2.87. The van der Waals surface area contributed by atoms with Crippen molar-refractivity contribution in [1.29, 1.82) is 0 Å². The van der Waals surface area contributed by atoms with Crippen molar-refractivity contribution >= 4 is 12.0 Å². The van der Waals surface area contributed by atoms with Crippen LogP contribution in [0.25, 0.3) is 0 Å². The zero-order chi connectivity index (χ0) is 14.7. The molecule has 1 atom stereocenters. The van der Waals surface area contributed by atoms with Gasteiger partial charge in [0.05, 0.1) is 11.6 Å². The molecule has 2 rings (SSSR count). The number of benzene rings is 1. The van der Waals surface area contributed by atoms with E-state index in [9.17, 15) is 9.59 Å². The summed E-state index contributed by atoms with van der Waals surface area (Å²) in [4.78, 5) is 24.6. The van der Waals surface area contributed by atoms with Gasteiger partial charge in [0.1, 0.15) is 0 Å². The molecule has 104 valence electrons. The van der Waals surface area contributed by atoms with E-state index < -0.39 is 5.97 Å². The maximum absolute atomic E-state index is 12.1. The van der Waals surface area contributed by atoms with Gasteiger partial charge in [0.25, 0.3) is 0 Å². The summed E-state index contributed by atoms with van der Waals surface area (Å²) < 4.78 is 0. The minimum absolute atomic E-state index is 0.220. The van der Waals surface area contributed by atoms with Crippen LogP contribution in [0.4, 0.5) is 4.79 Å². The van der Waals surface area contributed by atoms with E-state index >= 15 is 0 Å². The minimum Gasteiger partial charge on any atom is -0.478 e. The van der Waals surface area contributed by atoms with Crippen LogP contribution in [0.2, 0.25) is 0 Å². The molecule has 0 saturated carbocycles. The lowest BCUT2D eigenvalue weighted by Gasteiger charge is -2.19. The summed E-state index contributed by atoms with van der Waals surface area (Å²) in [5.41, 5.74) is 2.08. The number of carbonyl (C=O) groups is 2. The molecule has 1 unspecified atom stereocenters. The predicted octanol–water partition coefficient (Wildman–Crippen LogP) is 1.82. The first-order chi connectivity index (χ1) is 9.55. The lowest BCUT2D eigenvalue weighted by molar-refractivity contribution is 0.0696. The summed E-state index contributed by atoms with van der Waals surface area (Å²) in [5, 5.41) is 11.7. The number of carboxylic acids is 1. The Balaban J connectivity index is 2.07. The van der Waals surface area contributed by atoms with Crippen LogP contribution >= 0.6 is 0 Å². The van der Waals surface area contributed by atoms with Crippen LogP contribution in [-0.4, -0.2) is 28.0 Å². The molecule has 1 aliphatic rings. The maximum Gasteiger partial charge on any atom is 0.335 e. The van der Waals surface area contributed by atoms with Gasteiger partial charge >= 0.3 is 12.0 Å². The van der Waals surface area contributed by atoms with E-state index in [2.05, 4.69) is 11.2 Å². The Kier molecular flexibility index (Phi) is 3.94. The van der Waals surface area contributed by atoms with Gasteiger partial charge in [0, 0.05) is 13.1 Å². The largest absolute Gasteiger partial charge is 0.478 e. The molecular weight excluding hydrogens is 256 g/mol. The number of carboxylic acid groups (broad SMARTS) is 1. The summed E-state index contributed by atoms with van der Waals surface area (Å²) >= 11 is 0. The molecule has 5 nitrogen and oxygen atoms in total. The highest BCUT2D eigenvalue weighted by Crippen LogP contribution is 2.24. The minimum atomic E-state index is -0.964. The normalized spacial score (nSPS) is 14.3. The number of aromatic carboxylic acids is 1. The van der Waals surface area contributed by atoms with Gasteiger partial charge in [-0.3, -0.25) is 0 Å². The zero-order valence-corrected chi connectivity index (χ0v) is 11.2. The number of terminal acetylenes is 1. The second kappa shape index (κ2) is 5.66. The molecule has 1 heterocycles. The van der Waals surface area contributed by atoms with E-state index in [-0.39, 0.29) is 17.6 Å². The van der Waals surface area contributed by atoms with E-state index in [1.165, 1.54) is 0 Å². The molecule has 1 aliphatic heterocycles. The molecule has 0 aliphatic carbocycles. The molecule has 0 aromatic heterocycles. The van der Waals surface area contributed by atoms with Crippen LogP contribution in [0.5, 0.6) is 0 Å². The molecule has 0 spiro atoms. The highest BCUT2D eigenvalue weighted by Gasteiger charge is 2.25. The Labute approximate surface area is 117 Å². The summed E-state index contributed by atoms with van der Waals surface area (Å²) in [6.45, 7) is 2.79. The number of hydrogen-bond donors (Lipinski definition) is 2. The van der Waals surface area contributed by atoms with Gasteiger partial charge in [-0.05, 0) is 29.7 Å². The lowest BCUT2D eigenvalue weighted by Crippen LogP contribution is -2.41. The fourth-order valence-electron chi connectivity index (χ4n) is 2.17. The number of nitrogens with one attached hydrogen (secondary N) is 1. The van der Waals surface area contributed by atoms with Crippen molar-refractivity contribution in [2.24, 2.45) is 0 Å². The highest BCUT2D eigenvalue weighted by molar-refractivity contribution is 5.88. The van der Waals surface area contributed by atoms with Gasteiger partial charge in [0.15, 0.2) is 0 Å². The first-order valence-electron chi connectivity index (χ1n) is 6.41.